The number of hydrogen-bond donors (Lipinski definition) is 2. The fourth-order valence-electron chi connectivity index (χ4n) is 2.49. The van der Waals surface area contributed by atoms with Gasteiger partial charge in [-0.05, 0) is 55.2 Å². The van der Waals surface area contributed by atoms with Crippen molar-refractivity contribution in [3.8, 4) is 0 Å². The second kappa shape index (κ2) is 7.58. The van der Waals surface area contributed by atoms with Gasteiger partial charge in [-0.2, -0.15) is 0 Å². The molecule has 0 radical (unpaired) electrons. The summed E-state index contributed by atoms with van der Waals surface area (Å²) < 4.78 is 0. The number of carboxylic acids is 1. The van der Waals surface area contributed by atoms with Gasteiger partial charge in [0, 0.05) is 5.69 Å². The van der Waals surface area contributed by atoms with E-state index in [0.29, 0.717) is 5.69 Å². The van der Waals surface area contributed by atoms with Gasteiger partial charge in [-0.1, -0.05) is 31.5 Å². The molecule has 4 heteroatoms. The summed E-state index contributed by atoms with van der Waals surface area (Å²) >= 11 is 0. The standard InChI is InChI=1S/C19H21NO3/c1-3-4-7-14-10-11-15(12-13(14)2)20-18(21)16-8-5-6-9-17(16)19(22)23/h5-6,8-12H,3-4,7H2,1-2H3,(H,20,21)(H,22,23). The highest BCUT2D eigenvalue weighted by molar-refractivity contribution is 6.10. The van der Waals surface area contributed by atoms with Crippen molar-refractivity contribution >= 4 is 17.6 Å². The van der Waals surface area contributed by atoms with Crippen LogP contribution in [0.15, 0.2) is 42.5 Å². The molecular formula is C19H21NO3. The highest BCUT2D eigenvalue weighted by Crippen LogP contribution is 2.19. The van der Waals surface area contributed by atoms with E-state index in [0.717, 1.165) is 24.8 Å². The highest BCUT2D eigenvalue weighted by atomic mass is 16.4. The van der Waals surface area contributed by atoms with Gasteiger partial charge in [-0.15, -0.1) is 0 Å². The Morgan fingerprint density at radius 1 is 1.09 bits per heavy atom. The van der Waals surface area contributed by atoms with E-state index < -0.39 is 11.9 Å². The minimum atomic E-state index is -1.11. The minimum absolute atomic E-state index is 0.00119. The first-order valence-electron chi connectivity index (χ1n) is 7.76. The average Bonchev–Trinajstić information content (AvgIpc) is 2.54. The maximum Gasteiger partial charge on any atom is 0.336 e. The van der Waals surface area contributed by atoms with Crippen molar-refractivity contribution in [2.75, 3.05) is 5.32 Å². The van der Waals surface area contributed by atoms with Crippen LogP contribution in [0.2, 0.25) is 0 Å². The molecule has 0 fully saturated rings. The number of anilines is 1. The highest BCUT2D eigenvalue weighted by Gasteiger charge is 2.16. The Morgan fingerprint density at radius 2 is 1.78 bits per heavy atom. The zero-order valence-corrected chi connectivity index (χ0v) is 13.4. The van der Waals surface area contributed by atoms with E-state index in [-0.39, 0.29) is 11.1 Å². The zero-order valence-electron chi connectivity index (χ0n) is 13.4. The van der Waals surface area contributed by atoms with Crippen LogP contribution in [0.4, 0.5) is 5.69 Å². The average molecular weight is 311 g/mol. The number of hydrogen-bond acceptors (Lipinski definition) is 2. The van der Waals surface area contributed by atoms with Crippen LogP contribution in [-0.2, 0) is 6.42 Å². The Kier molecular flexibility index (Phi) is 5.52. The van der Waals surface area contributed by atoms with E-state index in [9.17, 15) is 9.59 Å². The molecule has 0 bridgehead atoms. The number of carboxylic acid groups (broad SMARTS) is 1. The van der Waals surface area contributed by atoms with Gasteiger partial charge >= 0.3 is 5.97 Å². The predicted octanol–water partition coefficient (Wildman–Crippen LogP) is 4.29. The van der Waals surface area contributed by atoms with Gasteiger partial charge in [-0.25, -0.2) is 4.79 Å². The molecule has 0 aliphatic rings. The van der Waals surface area contributed by atoms with Crippen LogP contribution >= 0.6 is 0 Å². The first-order valence-corrected chi connectivity index (χ1v) is 7.76. The number of carbonyl (C=O) groups is 2. The second-order valence-corrected chi connectivity index (χ2v) is 5.55. The molecule has 0 aliphatic carbocycles. The van der Waals surface area contributed by atoms with Crippen LogP contribution in [0.3, 0.4) is 0 Å². The van der Waals surface area contributed by atoms with E-state index in [1.807, 2.05) is 25.1 Å². The van der Waals surface area contributed by atoms with Crippen LogP contribution in [0.5, 0.6) is 0 Å². The summed E-state index contributed by atoms with van der Waals surface area (Å²) in [5.41, 5.74) is 3.24. The number of nitrogens with one attached hydrogen (secondary N) is 1. The SMILES string of the molecule is CCCCc1ccc(NC(=O)c2ccccc2C(=O)O)cc1C. The summed E-state index contributed by atoms with van der Waals surface area (Å²) in [6, 6.07) is 12.0. The zero-order chi connectivity index (χ0) is 16.8. The van der Waals surface area contributed by atoms with Crippen LogP contribution in [-0.4, -0.2) is 17.0 Å². The van der Waals surface area contributed by atoms with Crippen LogP contribution in [0, 0.1) is 6.92 Å². The third-order valence-electron chi connectivity index (χ3n) is 3.80. The number of benzene rings is 2. The molecule has 23 heavy (non-hydrogen) atoms. The maximum absolute atomic E-state index is 12.3. The smallest absolute Gasteiger partial charge is 0.336 e. The van der Waals surface area contributed by atoms with Crippen LogP contribution < -0.4 is 5.32 Å². The van der Waals surface area contributed by atoms with Gasteiger partial charge in [-0.3, -0.25) is 4.79 Å². The second-order valence-electron chi connectivity index (χ2n) is 5.55. The Labute approximate surface area is 136 Å². The number of rotatable bonds is 6. The van der Waals surface area contributed by atoms with Crippen molar-refractivity contribution in [3.63, 3.8) is 0 Å². The summed E-state index contributed by atoms with van der Waals surface area (Å²) in [5.74, 6) is -1.52. The molecule has 0 saturated heterocycles. The number of aromatic carboxylic acids is 1. The van der Waals surface area contributed by atoms with E-state index in [2.05, 4.69) is 12.2 Å². The van der Waals surface area contributed by atoms with E-state index in [1.165, 1.54) is 17.7 Å². The number of amides is 1. The lowest BCUT2D eigenvalue weighted by atomic mass is 10.0. The lowest BCUT2D eigenvalue weighted by Crippen LogP contribution is -2.16. The molecule has 120 valence electrons. The predicted molar refractivity (Wildman–Crippen MR) is 91.1 cm³/mol. The fraction of sp³-hybridized carbons (Fsp3) is 0.263. The maximum atomic E-state index is 12.3. The van der Waals surface area contributed by atoms with Gasteiger partial charge in [0.1, 0.15) is 0 Å². The van der Waals surface area contributed by atoms with Crippen molar-refractivity contribution in [3.05, 3.63) is 64.7 Å². The van der Waals surface area contributed by atoms with Gasteiger partial charge in [0.2, 0.25) is 0 Å². The molecule has 2 N–H and O–H groups in total. The van der Waals surface area contributed by atoms with Crippen molar-refractivity contribution < 1.29 is 14.7 Å². The molecule has 0 spiro atoms. The lowest BCUT2D eigenvalue weighted by Gasteiger charge is -2.11. The Bertz CT molecular complexity index is 722. The minimum Gasteiger partial charge on any atom is -0.478 e. The van der Waals surface area contributed by atoms with Crippen molar-refractivity contribution in [2.24, 2.45) is 0 Å². The van der Waals surface area contributed by atoms with Gasteiger partial charge in [0.15, 0.2) is 0 Å². The summed E-state index contributed by atoms with van der Waals surface area (Å²) in [7, 11) is 0. The molecule has 4 nitrogen and oxygen atoms in total. The molecule has 2 aromatic carbocycles. The largest absolute Gasteiger partial charge is 0.478 e. The lowest BCUT2D eigenvalue weighted by molar-refractivity contribution is 0.0692. The Balaban J connectivity index is 2.18. The fourth-order valence-corrected chi connectivity index (χ4v) is 2.49. The normalized spacial score (nSPS) is 10.3. The third-order valence-corrected chi connectivity index (χ3v) is 3.80. The van der Waals surface area contributed by atoms with Gasteiger partial charge in [0.05, 0.1) is 11.1 Å². The number of unbranched alkanes of at least 4 members (excludes halogenated alkanes) is 1. The topological polar surface area (TPSA) is 66.4 Å². The molecule has 0 heterocycles. The third kappa shape index (κ3) is 4.19. The molecule has 0 aromatic heterocycles. The van der Waals surface area contributed by atoms with Crippen molar-refractivity contribution in [2.45, 2.75) is 33.1 Å². The molecular weight excluding hydrogens is 290 g/mol. The van der Waals surface area contributed by atoms with Gasteiger partial charge < -0.3 is 10.4 Å². The number of carbonyl (C=O) groups excluding carboxylic acids is 1. The molecule has 0 unspecified atom stereocenters. The quantitative estimate of drug-likeness (QED) is 0.836. The first kappa shape index (κ1) is 16.7. The molecule has 0 saturated carbocycles. The molecule has 0 aliphatic heterocycles. The first-order chi connectivity index (χ1) is 11.0. The molecule has 2 rings (SSSR count). The monoisotopic (exact) mass is 311 g/mol. The summed E-state index contributed by atoms with van der Waals surface area (Å²) in [6.45, 7) is 4.18. The molecule has 0 atom stereocenters. The van der Waals surface area contributed by atoms with Gasteiger partial charge in [0.25, 0.3) is 5.91 Å². The van der Waals surface area contributed by atoms with E-state index in [4.69, 9.17) is 5.11 Å². The van der Waals surface area contributed by atoms with E-state index >= 15 is 0 Å². The molecule has 1 amide bonds. The van der Waals surface area contributed by atoms with Crippen LogP contribution in [0.25, 0.3) is 0 Å². The number of aryl methyl sites for hydroxylation is 2. The van der Waals surface area contributed by atoms with Crippen molar-refractivity contribution in [1.29, 1.82) is 0 Å². The van der Waals surface area contributed by atoms with E-state index in [1.54, 1.807) is 12.1 Å². The molecule has 2 aromatic rings. The Morgan fingerprint density at radius 3 is 2.39 bits per heavy atom. The summed E-state index contributed by atoms with van der Waals surface area (Å²) in [6.07, 6.45) is 3.31. The van der Waals surface area contributed by atoms with Crippen LogP contribution in [0.1, 0.15) is 51.6 Å². The Hall–Kier alpha value is -2.62. The summed E-state index contributed by atoms with van der Waals surface area (Å²) in [5, 5.41) is 11.9. The summed E-state index contributed by atoms with van der Waals surface area (Å²) in [4.78, 5) is 23.5. The van der Waals surface area contributed by atoms with Crippen molar-refractivity contribution in [1.82, 2.24) is 0 Å².